The Balaban J connectivity index is 2.55. The third kappa shape index (κ3) is 4.03. The maximum atomic E-state index is 8.55. The lowest BCUT2D eigenvalue weighted by molar-refractivity contribution is 0.247. The summed E-state index contributed by atoms with van der Waals surface area (Å²) >= 11 is 0. The number of rotatable bonds is 6. The Labute approximate surface area is 108 Å². The zero-order valence-electron chi connectivity index (χ0n) is 11.5. The standard InChI is InChI=1S/C12H23N5O/c1-9(2)17-6-5-11(14-17)8-16(4)10(3)7-12(13)15-18/h5-6,9-10,18H,7-8H2,1-4H3,(H2,13,15). The van der Waals surface area contributed by atoms with E-state index in [0.29, 0.717) is 12.5 Å². The molecule has 1 unspecified atom stereocenters. The van der Waals surface area contributed by atoms with Gasteiger partial charge in [0.05, 0.1) is 5.69 Å². The van der Waals surface area contributed by atoms with E-state index in [1.165, 1.54) is 0 Å². The molecule has 0 fully saturated rings. The highest BCUT2D eigenvalue weighted by Gasteiger charge is 2.13. The van der Waals surface area contributed by atoms with E-state index in [1.807, 2.05) is 30.9 Å². The van der Waals surface area contributed by atoms with Gasteiger partial charge in [-0.05, 0) is 33.9 Å². The lowest BCUT2D eigenvalue weighted by Crippen LogP contribution is -2.33. The molecule has 0 aliphatic carbocycles. The van der Waals surface area contributed by atoms with Crippen LogP contribution in [0.1, 0.15) is 38.9 Å². The van der Waals surface area contributed by atoms with Crippen LogP contribution in [0.5, 0.6) is 0 Å². The van der Waals surface area contributed by atoms with Gasteiger partial charge in [0.1, 0.15) is 5.84 Å². The predicted octanol–water partition coefficient (Wildman–Crippen LogP) is 1.42. The minimum absolute atomic E-state index is 0.199. The van der Waals surface area contributed by atoms with Crippen LogP contribution in [0.2, 0.25) is 0 Å². The summed E-state index contributed by atoms with van der Waals surface area (Å²) in [5.74, 6) is 0.252. The second kappa shape index (κ2) is 6.39. The molecule has 0 saturated heterocycles. The van der Waals surface area contributed by atoms with Crippen LogP contribution in [0.15, 0.2) is 17.4 Å². The molecular weight excluding hydrogens is 230 g/mol. The first-order valence-corrected chi connectivity index (χ1v) is 6.14. The summed E-state index contributed by atoms with van der Waals surface area (Å²) in [6, 6.07) is 2.59. The third-order valence-corrected chi connectivity index (χ3v) is 2.99. The Morgan fingerprint density at radius 1 is 1.56 bits per heavy atom. The van der Waals surface area contributed by atoms with E-state index in [2.05, 4.69) is 29.0 Å². The van der Waals surface area contributed by atoms with Crippen molar-refractivity contribution < 1.29 is 5.21 Å². The smallest absolute Gasteiger partial charge is 0.140 e. The first kappa shape index (κ1) is 14.5. The fraction of sp³-hybridized carbons (Fsp3) is 0.667. The van der Waals surface area contributed by atoms with Crippen LogP contribution < -0.4 is 5.73 Å². The van der Waals surface area contributed by atoms with Gasteiger partial charge in [-0.25, -0.2) is 0 Å². The number of hydrogen-bond acceptors (Lipinski definition) is 4. The molecule has 1 atom stereocenters. The molecule has 6 nitrogen and oxygen atoms in total. The molecule has 102 valence electrons. The van der Waals surface area contributed by atoms with Crippen LogP contribution >= 0.6 is 0 Å². The minimum atomic E-state index is 0.199. The van der Waals surface area contributed by atoms with E-state index in [4.69, 9.17) is 10.9 Å². The number of nitrogens with zero attached hydrogens (tertiary/aromatic N) is 4. The summed E-state index contributed by atoms with van der Waals surface area (Å²) in [5, 5.41) is 16.0. The summed E-state index contributed by atoms with van der Waals surface area (Å²) in [5.41, 5.74) is 6.53. The van der Waals surface area contributed by atoms with Gasteiger partial charge in [-0.1, -0.05) is 5.16 Å². The third-order valence-electron chi connectivity index (χ3n) is 2.99. The average molecular weight is 253 g/mol. The molecule has 0 radical (unpaired) electrons. The van der Waals surface area contributed by atoms with E-state index in [9.17, 15) is 0 Å². The maximum Gasteiger partial charge on any atom is 0.140 e. The molecule has 1 heterocycles. The van der Waals surface area contributed by atoms with E-state index in [0.717, 1.165) is 12.2 Å². The average Bonchev–Trinajstić information content (AvgIpc) is 2.77. The molecular formula is C12H23N5O. The molecule has 0 aromatic carbocycles. The lowest BCUT2D eigenvalue weighted by Gasteiger charge is -2.23. The van der Waals surface area contributed by atoms with Crippen molar-refractivity contribution in [3.05, 3.63) is 18.0 Å². The van der Waals surface area contributed by atoms with Gasteiger partial charge in [-0.3, -0.25) is 9.58 Å². The summed E-state index contributed by atoms with van der Waals surface area (Å²) in [4.78, 5) is 2.13. The van der Waals surface area contributed by atoms with Gasteiger partial charge in [0.25, 0.3) is 0 Å². The topological polar surface area (TPSA) is 79.7 Å². The molecule has 6 heteroatoms. The molecule has 18 heavy (non-hydrogen) atoms. The van der Waals surface area contributed by atoms with Gasteiger partial charge < -0.3 is 10.9 Å². The van der Waals surface area contributed by atoms with Gasteiger partial charge in [-0.15, -0.1) is 0 Å². The number of aromatic nitrogens is 2. The molecule has 0 aliphatic rings. The van der Waals surface area contributed by atoms with Crippen LogP contribution in [0.4, 0.5) is 0 Å². The molecule has 0 aliphatic heterocycles. The van der Waals surface area contributed by atoms with Crippen molar-refractivity contribution in [2.24, 2.45) is 10.9 Å². The highest BCUT2D eigenvalue weighted by Crippen LogP contribution is 2.09. The first-order chi connectivity index (χ1) is 8.43. The number of amidine groups is 1. The predicted molar refractivity (Wildman–Crippen MR) is 71.6 cm³/mol. The van der Waals surface area contributed by atoms with Crippen LogP contribution in [-0.4, -0.2) is 38.8 Å². The van der Waals surface area contributed by atoms with Crippen LogP contribution in [0.25, 0.3) is 0 Å². The molecule has 1 aromatic rings. The zero-order valence-corrected chi connectivity index (χ0v) is 11.5. The van der Waals surface area contributed by atoms with E-state index >= 15 is 0 Å². The Morgan fingerprint density at radius 2 is 2.22 bits per heavy atom. The highest BCUT2D eigenvalue weighted by molar-refractivity contribution is 5.80. The second-order valence-corrected chi connectivity index (χ2v) is 4.94. The fourth-order valence-electron chi connectivity index (χ4n) is 1.66. The summed E-state index contributed by atoms with van der Waals surface area (Å²) in [6.45, 7) is 6.99. The van der Waals surface area contributed by atoms with E-state index in [-0.39, 0.29) is 11.9 Å². The Bertz CT molecular complexity index is 399. The fourth-order valence-corrected chi connectivity index (χ4v) is 1.66. The number of nitrogens with two attached hydrogens (primary N) is 1. The van der Waals surface area contributed by atoms with Crippen molar-refractivity contribution in [3.63, 3.8) is 0 Å². The van der Waals surface area contributed by atoms with Crippen molar-refractivity contribution in [2.75, 3.05) is 7.05 Å². The summed E-state index contributed by atoms with van der Waals surface area (Å²) < 4.78 is 1.94. The van der Waals surface area contributed by atoms with Gasteiger partial charge >= 0.3 is 0 Å². The molecule has 0 bridgehead atoms. The lowest BCUT2D eigenvalue weighted by atomic mass is 10.2. The van der Waals surface area contributed by atoms with Crippen LogP contribution in [-0.2, 0) is 6.54 Å². The Kier molecular flexibility index (Phi) is 5.15. The molecule has 0 amide bonds. The summed E-state index contributed by atoms with van der Waals surface area (Å²) in [6.07, 6.45) is 2.53. The van der Waals surface area contributed by atoms with Crippen molar-refractivity contribution in [2.45, 2.75) is 45.8 Å². The van der Waals surface area contributed by atoms with E-state index < -0.39 is 0 Å². The van der Waals surface area contributed by atoms with Gasteiger partial charge in [0.2, 0.25) is 0 Å². The normalized spacial score (nSPS) is 14.4. The first-order valence-electron chi connectivity index (χ1n) is 6.14. The van der Waals surface area contributed by atoms with E-state index in [1.54, 1.807) is 0 Å². The molecule has 1 rings (SSSR count). The van der Waals surface area contributed by atoms with Crippen LogP contribution in [0.3, 0.4) is 0 Å². The van der Waals surface area contributed by atoms with Gasteiger partial charge in [0, 0.05) is 31.2 Å². The van der Waals surface area contributed by atoms with Crippen molar-refractivity contribution in [1.82, 2.24) is 14.7 Å². The molecule has 0 spiro atoms. The second-order valence-electron chi connectivity index (χ2n) is 4.94. The number of hydrogen-bond donors (Lipinski definition) is 2. The van der Waals surface area contributed by atoms with Crippen molar-refractivity contribution >= 4 is 5.84 Å². The summed E-state index contributed by atoms with van der Waals surface area (Å²) in [7, 11) is 2.00. The monoisotopic (exact) mass is 253 g/mol. The largest absolute Gasteiger partial charge is 0.409 e. The Morgan fingerprint density at radius 3 is 2.72 bits per heavy atom. The van der Waals surface area contributed by atoms with Crippen LogP contribution in [0, 0.1) is 0 Å². The number of oxime groups is 1. The molecule has 3 N–H and O–H groups in total. The molecule has 0 saturated carbocycles. The Hall–Kier alpha value is -1.56. The van der Waals surface area contributed by atoms with Gasteiger partial charge in [0.15, 0.2) is 0 Å². The maximum absolute atomic E-state index is 8.55. The zero-order chi connectivity index (χ0) is 13.7. The molecule has 1 aromatic heterocycles. The highest BCUT2D eigenvalue weighted by atomic mass is 16.4. The van der Waals surface area contributed by atoms with Crippen molar-refractivity contribution in [1.29, 1.82) is 0 Å². The van der Waals surface area contributed by atoms with Gasteiger partial charge in [-0.2, -0.15) is 5.10 Å². The SMILES string of the molecule is CC(CC(N)=NO)N(C)Cc1ccn(C(C)C)n1. The minimum Gasteiger partial charge on any atom is -0.409 e. The van der Waals surface area contributed by atoms with Crippen molar-refractivity contribution in [3.8, 4) is 0 Å². The quantitative estimate of drug-likeness (QED) is 0.348.